The number of aryl methyl sites for hydroxylation is 1. The number of hydrogen-bond donors (Lipinski definition) is 1. The fraction of sp³-hybridized carbons (Fsp3) is 0.154. The van der Waals surface area contributed by atoms with Gasteiger partial charge in [-0.25, -0.2) is 22.9 Å². The Morgan fingerprint density at radius 1 is 1.05 bits per heavy atom. The van der Waals surface area contributed by atoms with Crippen LogP contribution in [0.15, 0.2) is 21.7 Å². The number of aromatic nitrogens is 4. The Morgan fingerprint density at radius 3 is 2.41 bits per heavy atom. The first kappa shape index (κ1) is 14.1. The summed E-state index contributed by atoms with van der Waals surface area (Å²) in [6.07, 6.45) is 0. The van der Waals surface area contributed by atoms with Crippen LogP contribution in [0.3, 0.4) is 0 Å². The topological polar surface area (TPSA) is 72.7 Å². The second-order valence-electron chi connectivity index (χ2n) is 4.71. The lowest BCUT2D eigenvalue weighted by molar-refractivity contribution is 0.448. The number of hydrogen-bond acceptors (Lipinski definition) is 3. The number of halogens is 3. The molecule has 0 unspecified atom stereocenters. The third-order valence-corrected chi connectivity index (χ3v) is 3.39. The van der Waals surface area contributed by atoms with Crippen LogP contribution >= 0.6 is 0 Å². The van der Waals surface area contributed by atoms with Crippen molar-refractivity contribution in [2.45, 2.75) is 0 Å². The van der Waals surface area contributed by atoms with Crippen molar-refractivity contribution in [3.05, 3.63) is 50.4 Å². The second kappa shape index (κ2) is 4.58. The third kappa shape index (κ3) is 1.78. The highest BCUT2D eigenvalue weighted by molar-refractivity contribution is 5.75. The summed E-state index contributed by atoms with van der Waals surface area (Å²) in [4.78, 5) is 30.3. The van der Waals surface area contributed by atoms with Gasteiger partial charge in [-0.05, 0) is 12.1 Å². The molecule has 0 fully saturated rings. The zero-order valence-corrected chi connectivity index (χ0v) is 11.4. The van der Waals surface area contributed by atoms with Crippen molar-refractivity contribution in [1.82, 2.24) is 19.1 Å². The summed E-state index contributed by atoms with van der Waals surface area (Å²) >= 11 is 0. The van der Waals surface area contributed by atoms with Crippen LogP contribution in [0.25, 0.3) is 22.6 Å². The van der Waals surface area contributed by atoms with Crippen molar-refractivity contribution < 1.29 is 13.2 Å². The molecule has 0 spiro atoms. The molecule has 0 aliphatic carbocycles. The van der Waals surface area contributed by atoms with Crippen LogP contribution in [-0.4, -0.2) is 19.1 Å². The summed E-state index contributed by atoms with van der Waals surface area (Å²) in [7, 11) is 2.67. The van der Waals surface area contributed by atoms with E-state index < -0.39 is 28.7 Å². The zero-order valence-electron chi connectivity index (χ0n) is 11.4. The predicted molar refractivity (Wildman–Crippen MR) is 71.9 cm³/mol. The van der Waals surface area contributed by atoms with Crippen molar-refractivity contribution in [3.8, 4) is 11.4 Å². The van der Waals surface area contributed by atoms with Gasteiger partial charge >= 0.3 is 5.69 Å². The molecule has 1 N–H and O–H groups in total. The molecule has 0 saturated heterocycles. The molecular formula is C13H9F3N4O2. The smallest absolute Gasteiger partial charge is 0.332 e. The van der Waals surface area contributed by atoms with Gasteiger partial charge in [-0.1, -0.05) is 0 Å². The Kier molecular flexibility index (Phi) is 2.94. The average molecular weight is 310 g/mol. The lowest BCUT2D eigenvalue weighted by atomic mass is 10.2. The van der Waals surface area contributed by atoms with Gasteiger partial charge in [-0.2, -0.15) is 0 Å². The molecule has 0 bridgehead atoms. The van der Waals surface area contributed by atoms with Gasteiger partial charge in [0.15, 0.2) is 23.1 Å². The van der Waals surface area contributed by atoms with Crippen molar-refractivity contribution in [2.24, 2.45) is 14.1 Å². The summed E-state index contributed by atoms with van der Waals surface area (Å²) in [5, 5.41) is 0. The highest BCUT2D eigenvalue weighted by Crippen LogP contribution is 2.24. The maximum absolute atomic E-state index is 13.8. The Balaban J connectivity index is 2.38. The van der Waals surface area contributed by atoms with Crippen LogP contribution in [0.1, 0.15) is 0 Å². The first-order chi connectivity index (χ1) is 10.3. The Bertz CT molecular complexity index is 1030. The van der Waals surface area contributed by atoms with E-state index in [1.165, 1.54) is 14.1 Å². The molecule has 0 amide bonds. The summed E-state index contributed by atoms with van der Waals surface area (Å²) in [6.45, 7) is 0. The zero-order chi connectivity index (χ0) is 16.2. The van der Waals surface area contributed by atoms with Gasteiger partial charge in [0.25, 0.3) is 5.56 Å². The molecule has 0 saturated carbocycles. The number of aromatic amines is 1. The molecule has 3 rings (SSSR count). The number of fused-ring (bicyclic) bond motifs is 1. The van der Waals surface area contributed by atoms with Gasteiger partial charge in [0.2, 0.25) is 0 Å². The highest BCUT2D eigenvalue weighted by Gasteiger charge is 2.19. The van der Waals surface area contributed by atoms with E-state index in [4.69, 9.17) is 0 Å². The van der Waals surface area contributed by atoms with Crippen molar-refractivity contribution in [1.29, 1.82) is 0 Å². The predicted octanol–water partition coefficient (Wildman–Crippen LogP) is 1.04. The van der Waals surface area contributed by atoms with Crippen molar-refractivity contribution in [3.63, 3.8) is 0 Å². The van der Waals surface area contributed by atoms with Crippen molar-refractivity contribution in [2.75, 3.05) is 0 Å². The standard InChI is InChI=1S/C13H9F3N4O2/c1-19-11-9(12(21)20(2)13(19)22)17-10(18-11)5-3-4-6(14)8(16)7(5)15/h3-4H,1-2H3,(H,17,18). The molecular weight excluding hydrogens is 301 g/mol. The minimum absolute atomic E-state index is 0.00719. The maximum Gasteiger partial charge on any atom is 0.332 e. The number of rotatable bonds is 1. The quantitative estimate of drug-likeness (QED) is 0.683. The van der Waals surface area contributed by atoms with Crippen LogP contribution in [0.2, 0.25) is 0 Å². The molecule has 22 heavy (non-hydrogen) atoms. The van der Waals surface area contributed by atoms with Gasteiger partial charge in [0.1, 0.15) is 11.3 Å². The number of benzene rings is 1. The van der Waals surface area contributed by atoms with E-state index >= 15 is 0 Å². The fourth-order valence-corrected chi connectivity index (χ4v) is 2.16. The van der Waals surface area contributed by atoms with E-state index in [9.17, 15) is 22.8 Å². The van der Waals surface area contributed by atoms with E-state index in [-0.39, 0.29) is 22.6 Å². The van der Waals surface area contributed by atoms with Crippen LogP contribution in [0, 0.1) is 17.5 Å². The Hall–Kier alpha value is -2.84. The molecule has 2 heterocycles. The molecule has 114 valence electrons. The minimum atomic E-state index is -1.64. The van der Waals surface area contributed by atoms with E-state index in [0.29, 0.717) is 0 Å². The molecule has 0 aliphatic heterocycles. The van der Waals surface area contributed by atoms with Crippen LogP contribution in [-0.2, 0) is 14.1 Å². The number of nitrogens with one attached hydrogen (secondary N) is 1. The SMILES string of the molecule is Cn1c(=O)c2[nH]c(-c3ccc(F)c(F)c3F)nc2n(C)c1=O. The van der Waals surface area contributed by atoms with Gasteiger partial charge in [0, 0.05) is 14.1 Å². The minimum Gasteiger partial charge on any atom is -0.332 e. The molecule has 0 radical (unpaired) electrons. The molecule has 6 nitrogen and oxygen atoms in total. The summed E-state index contributed by atoms with van der Waals surface area (Å²) < 4.78 is 42.0. The normalized spacial score (nSPS) is 11.3. The molecule has 2 aromatic heterocycles. The van der Waals surface area contributed by atoms with E-state index in [1.54, 1.807) is 0 Å². The van der Waals surface area contributed by atoms with E-state index in [0.717, 1.165) is 21.3 Å². The largest absolute Gasteiger partial charge is 0.332 e. The average Bonchev–Trinajstić information content (AvgIpc) is 2.94. The van der Waals surface area contributed by atoms with Gasteiger partial charge in [0.05, 0.1) is 5.56 Å². The van der Waals surface area contributed by atoms with Gasteiger partial charge in [-0.3, -0.25) is 13.9 Å². The summed E-state index contributed by atoms with van der Waals surface area (Å²) in [5.74, 6) is -4.58. The lowest BCUT2D eigenvalue weighted by Gasteiger charge is -2.01. The molecule has 9 heteroatoms. The molecule has 3 aromatic rings. The molecule has 1 aromatic carbocycles. The summed E-state index contributed by atoms with van der Waals surface area (Å²) in [6, 6.07) is 1.74. The first-order valence-electron chi connectivity index (χ1n) is 6.12. The maximum atomic E-state index is 13.8. The summed E-state index contributed by atoms with van der Waals surface area (Å²) in [5.41, 5.74) is -1.65. The van der Waals surface area contributed by atoms with E-state index in [1.807, 2.05) is 0 Å². The number of H-pyrrole nitrogens is 1. The third-order valence-electron chi connectivity index (χ3n) is 3.39. The van der Waals surface area contributed by atoms with E-state index in [2.05, 4.69) is 9.97 Å². The van der Waals surface area contributed by atoms with Crippen LogP contribution in [0.5, 0.6) is 0 Å². The molecule has 0 atom stereocenters. The second-order valence-corrected chi connectivity index (χ2v) is 4.71. The Morgan fingerprint density at radius 2 is 1.73 bits per heavy atom. The number of imidazole rings is 1. The Labute approximate surface area is 120 Å². The van der Waals surface area contributed by atoms with Gasteiger partial charge < -0.3 is 4.98 Å². The first-order valence-corrected chi connectivity index (χ1v) is 6.12. The highest BCUT2D eigenvalue weighted by atomic mass is 19.2. The van der Waals surface area contributed by atoms with Crippen LogP contribution < -0.4 is 11.2 Å². The number of nitrogens with zero attached hydrogens (tertiary/aromatic N) is 3. The van der Waals surface area contributed by atoms with Crippen LogP contribution in [0.4, 0.5) is 13.2 Å². The monoisotopic (exact) mass is 310 g/mol. The molecule has 0 aliphatic rings. The van der Waals surface area contributed by atoms with Crippen molar-refractivity contribution >= 4 is 11.2 Å². The lowest BCUT2D eigenvalue weighted by Crippen LogP contribution is -2.36. The van der Waals surface area contributed by atoms with Gasteiger partial charge in [-0.15, -0.1) is 0 Å². The fourth-order valence-electron chi connectivity index (χ4n) is 2.16.